The molecule has 1 unspecified atom stereocenters. The Morgan fingerprint density at radius 3 is 2.76 bits per heavy atom. The van der Waals surface area contributed by atoms with E-state index in [2.05, 4.69) is 0 Å². The van der Waals surface area contributed by atoms with E-state index in [0.717, 1.165) is 5.56 Å². The number of hydrogen-bond donors (Lipinski definition) is 1. The number of amides is 1. The van der Waals surface area contributed by atoms with Gasteiger partial charge in [-0.3, -0.25) is 4.79 Å². The molecule has 4 heteroatoms. The zero-order valence-corrected chi connectivity index (χ0v) is 10.5. The Morgan fingerprint density at radius 2 is 2.18 bits per heavy atom. The smallest absolute Gasteiger partial charge is 0.225 e. The number of carbonyl (C=O) groups is 1. The van der Waals surface area contributed by atoms with E-state index in [4.69, 9.17) is 4.74 Å². The molecule has 4 nitrogen and oxygen atoms in total. The van der Waals surface area contributed by atoms with Crippen LogP contribution in [0.15, 0.2) is 24.3 Å². The van der Waals surface area contributed by atoms with Crippen LogP contribution >= 0.6 is 0 Å². The summed E-state index contributed by atoms with van der Waals surface area (Å²) < 4.78 is 5.46. The van der Waals surface area contributed by atoms with Gasteiger partial charge in [-0.1, -0.05) is 12.1 Å². The summed E-state index contributed by atoms with van der Waals surface area (Å²) in [5, 5.41) is 9.42. The summed E-state index contributed by atoms with van der Waals surface area (Å²) in [5.41, 5.74) is 0.807. The van der Waals surface area contributed by atoms with Gasteiger partial charge >= 0.3 is 0 Å². The molecule has 0 saturated heterocycles. The van der Waals surface area contributed by atoms with Crippen LogP contribution in [0.5, 0.6) is 5.75 Å². The van der Waals surface area contributed by atoms with Crippen LogP contribution in [0.3, 0.4) is 0 Å². The minimum atomic E-state index is -0.512. The summed E-state index contributed by atoms with van der Waals surface area (Å²) in [5.74, 6) is 0.714. The minimum absolute atomic E-state index is 0.0386. The maximum atomic E-state index is 11.3. The van der Waals surface area contributed by atoms with Crippen molar-refractivity contribution in [3.05, 3.63) is 29.8 Å². The predicted molar refractivity (Wildman–Crippen MR) is 65.9 cm³/mol. The average Bonchev–Trinajstić information content (AvgIpc) is 2.29. The maximum Gasteiger partial charge on any atom is 0.225 e. The SMILES string of the molecule is CC(O)c1cccc(OCCC(=O)N(C)C)c1. The van der Waals surface area contributed by atoms with Crippen LogP contribution in [0.2, 0.25) is 0 Å². The Kier molecular flexibility index (Phi) is 4.97. The first-order valence-corrected chi connectivity index (χ1v) is 5.61. The molecule has 0 spiro atoms. The Balaban J connectivity index is 2.47. The lowest BCUT2D eigenvalue weighted by atomic mass is 10.1. The van der Waals surface area contributed by atoms with Crippen molar-refractivity contribution in [3.63, 3.8) is 0 Å². The summed E-state index contributed by atoms with van der Waals surface area (Å²) >= 11 is 0. The van der Waals surface area contributed by atoms with Gasteiger partial charge in [0, 0.05) is 14.1 Å². The third kappa shape index (κ3) is 4.44. The number of aliphatic hydroxyl groups is 1. The highest BCUT2D eigenvalue weighted by Gasteiger charge is 2.05. The van der Waals surface area contributed by atoms with E-state index in [1.807, 2.05) is 18.2 Å². The van der Waals surface area contributed by atoms with Gasteiger partial charge in [-0.25, -0.2) is 0 Å². The molecular weight excluding hydrogens is 218 g/mol. The van der Waals surface area contributed by atoms with Crippen LogP contribution in [0.1, 0.15) is 25.0 Å². The van der Waals surface area contributed by atoms with Crippen LogP contribution in [0, 0.1) is 0 Å². The van der Waals surface area contributed by atoms with Crippen LogP contribution in [-0.4, -0.2) is 36.6 Å². The lowest BCUT2D eigenvalue weighted by Crippen LogP contribution is -2.23. The highest BCUT2D eigenvalue weighted by molar-refractivity contribution is 5.75. The number of nitrogens with zero attached hydrogens (tertiary/aromatic N) is 1. The lowest BCUT2D eigenvalue weighted by Gasteiger charge is -2.12. The Bertz CT molecular complexity index is 375. The van der Waals surface area contributed by atoms with E-state index >= 15 is 0 Å². The molecule has 1 amide bonds. The van der Waals surface area contributed by atoms with Crippen molar-refractivity contribution in [2.75, 3.05) is 20.7 Å². The molecule has 1 N–H and O–H groups in total. The fourth-order valence-corrected chi connectivity index (χ4v) is 1.34. The van der Waals surface area contributed by atoms with Gasteiger partial charge in [-0.2, -0.15) is 0 Å². The second-order valence-corrected chi connectivity index (χ2v) is 4.14. The molecule has 0 aliphatic rings. The van der Waals surface area contributed by atoms with Gasteiger partial charge in [-0.05, 0) is 24.6 Å². The number of rotatable bonds is 5. The van der Waals surface area contributed by atoms with E-state index < -0.39 is 6.10 Å². The number of ether oxygens (including phenoxy) is 1. The maximum absolute atomic E-state index is 11.3. The summed E-state index contributed by atoms with van der Waals surface area (Å²) in [7, 11) is 3.44. The molecule has 0 aliphatic heterocycles. The average molecular weight is 237 g/mol. The molecule has 1 aromatic rings. The van der Waals surface area contributed by atoms with E-state index in [-0.39, 0.29) is 5.91 Å². The van der Waals surface area contributed by atoms with Crippen molar-refractivity contribution in [2.24, 2.45) is 0 Å². The van der Waals surface area contributed by atoms with Crippen molar-refractivity contribution in [3.8, 4) is 5.75 Å². The minimum Gasteiger partial charge on any atom is -0.493 e. The van der Waals surface area contributed by atoms with E-state index in [0.29, 0.717) is 18.8 Å². The molecule has 0 saturated carbocycles. The number of carbonyl (C=O) groups excluding carboxylic acids is 1. The summed E-state index contributed by atoms with van der Waals surface area (Å²) in [6, 6.07) is 7.25. The molecule has 0 radical (unpaired) electrons. The van der Waals surface area contributed by atoms with E-state index in [1.54, 1.807) is 27.1 Å². The van der Waals surface area contributed by atoms with Crippen molar-refractivity contribution >= 4 is 5.91 Å². The molecule has 0 bridgehead atoms. The molecule has 94 valence electrons. The van der Waals surface area contributed by atoms with Crippen molar-refractivity contribution < 1.29 is 14.6 Å². The van der Waals surface area contributed by atoms with Crippen molar-refractivity contribution in [2.45, 2.75) is 19.4 Å². The number of aliphatic hydroxyl groups excluding tert-OH is 1. The van der Waals surface area contributed by atoms with Crippen LogP contribution in [0.25, 0.3) is 0 Å². The molecule has 0 fully saturated rings. The molecule has 1 aromatic carbocycles. The van der Waals surface area contributed by atoms with Gasteiger partial charge < -0.3 is 14.7 Å². The van der Waals surface area contributed by atoms with Crippen molar-refractivity contribution in [1.82, 2.24) is 4.90 Å². The topological polar surface area (TPSA) is 49.8 Å². The molecule has 1 rings (SSSR count). The van der Waals surface area contributed by atoms with E-state index in [1.165, 1.54) is 4.90 Å². The number of hydrogen-bond acceptors (Lipinski definition) is 3. The molecule has 1 atom stereocenters. The molecule has 0 heterocycles. The lowest BCUT2D eigenvalue weighted by molar-refractivity contribution is -0.129. The standard InChI is InChI=1S/C13H19NO3/c1-10(15)11-5-4-6-12(9-11)17-8-7-13(16)14(2)3/h4-6,9-10,15H,7-8H2,1-3H3. The van der Waals surface area contributed by atoms with Gasteiger partial charge in [0.2, 0.25) is 5.91 Å². The van der Waals surface area contributed by atoms with Gasteiger partial charge in [-0.15, -0.1) is 0 Å². The van der Waals surface area contributed by atoms with Gasteiger partial charge in [0.15, 0.2) is 0 Å². The summed E-state index contributed by atoms with van der Waals surface area (Å²) in [4.78, 5) is 12.9. The summed E-state index contributed by atoms with van der Waals surface area (Å²) in [6.45, 7) is 2.05. The monoisotopic (exact) mass is 237 g/mol. The van der Waals surface area contributed by atoms with Crippen molar-refractivity contribution in [1.29, 1.82) is 0 Å². The Labute approximate surface area is 102 Å². The molecular formula is C13H19NO3. The van der Waals surface area contributed by atoms with Gasteiger partial charge in [0.05, 0.1) is 19.1 Å². The van der Waals surface area contributed by atoms with E-state index in [9.17, 15) is 9.90 Å². The zero-order valence-electron chi connectivity index (χ0n) is 10.5. The predicted octanol–water partition coefficient (Wildman–Crippen LogP) is 1.60. The largest absolute Gasteiger partial charge is 0.493 e. The molecule has 0 aromatic heterocycles. The normalized spacial score (nSPS) is 12.0. The highest BCUT2D eigenvalue weighted by Crippen LogP contribution is 2.18. The Hall–Kier alpha value is -1.55. The van der Waals surface area contributed by atoms with Gasteiger partial charge in [0.25, 0.3) is 0 Å². The van der Waals surface area contributed by atoms with Crippen LogP contribution < -0.4 is 4.74 Å². The Morgan fingerprint density at radius 1 is 1.47 bits per heavy atom. The quantitative estimate of drug-likeness (QED) is 0.846. The second kappa shape index (κ2) is 6.25. The molecule has 0 aliphatic carbocycles. The van der Waals surface area contributed by atoms with Crippen LogP contribution in [0.4, 0.5) is 0 Å². The second-order valence-electron chi connectivity index (χ2n) is 4.14. The first kappa shape index (κ1) is 13.5. The summed E-state index contributed by atoms with van der Waals surface area (Å²) in [6.07, 6.45) is -0.159. The zero-order chi connectivity index (χ0) is 12.8. The molecule has 17 heavy (non-hydrogen) atoms. The first-order chi connectivity index (χ1) is 8.00. The third-order valence-corrected chi connectivity index (χ3v) is 2.42. The third-order valence-electron chi connectivity index (χ3n) is 2.42. The van der Waals surface area contributed by atoms with Gasteiger partial charge in [0.1, 0.15) is 5.75 Å². The fourth-order valence-electron chi connectivity index (χ4n) is 1.34. The number of benzene rings is 1. The highest BCUT2D eigenvalue weighted by atomic mass is 16.5. The first-order valence-electron chi connectivity index (χ1n) is 5.61. The van der Waals surface area contributed by atoms with Crippen LogP contribution in [-0.2, 0) is 4.79 Å². The fraction of sp³-hybridized carbons (Fsp3) is 0.462.